The number of nitro groups is 1. The number of allylic oxidation sites excluding steroid dienone is 2. The van der Waals surface area contributed by atoms with Crippen molar-refractivity contribution in [3.05, 3.63) is 92.1 Å². The minimum absolute atomic E-state index is 0.0275. The van der Waals surface area contributed by atoms with Crippen LogP contribution >= 0.6 is 0 Å². The van der Waals surface area contributed by atoms with Gasteiger partial charge in [-0.1, -0.05) is 18.2 Å². The van der Waals surface area contributed by atoms with Crippen LogP contribution in [0.2, 0.25) is 0 Å². The summed E-state index contributed by atoms with van der Waals surface area (Å²) in [5.74, 6) is -2.31. The molecule has 0 amide bonds. The lowest BCUT2D eigenvalue weighted by Crippen LogP contribution is -2.25. The van der Waals surface area contributed by atoms with Crippen LogP contribution in [0.25, 0.3) is 0 Å². The van der Waals surface area contributed by atoms with E-state index >= 15 is 0 Å². The third-order valence-electron chi connectivity index (χ3n) is 5.26. The Hall–Kier alpha value is -4.53. The summed E-state index contributed by atoms with van der Waals surface area (Å²) in [5, 5.41) is 21.3. The molecule has 36 heavy (non-hydrogen) atoms. The van der Waals surface area contributed by atoms with Gasteiger partial charge in [-0.3, -0.25) is 10.1 Å². The molecule has 12 heteroatoms. The molecule has 0 spiro atoms. The third-order valence-corrected chi connectivity index (χ3v) is 5.26. The van der Waals surface area contributed by atoms with Crippen LogP contribution in [-0.4, -0.2) is 17.5 Å². The minimum atomic E-state index is -4.57. The Morgan fingerprint density at radius 3 is 2.61 bits per heavy atom. The highest BCUT2D eigenvalue weighted by molar-refractivity contribution is 5.92. The quantitative estimate of drug-likeness (QED) is 0.322. The van der Waals surface area contributed by atoms with Crippen molar-refractivity contribution in [2.45, 2.75) is 32.5 Å². The molecule has 9 nitrogen and oxygen atoms in total. The van der Waals surface area contributed by atoms with Crippen molar-refractivity contribution >= 4 is 11.7 Å². The molecule has 0 fully saturated rings. The van der Waals surface area contributed by atoms with Crippen LogP contribution < -0.4 is 10.5 Å². The Morgan fingerprint density at radius 2 is 2.00 bits per heavy atom. The molecule has 0 bridgehead atoms. The fourth-order valence-corrected chi connectivity index (χ4v) is 3.66. The van der Waals surface area contributed by atoms with Crippen LogP contribution in [0.3, 0.4) is 0 Å². The van der Waals surface area contributed by atoms with Gasteiger partial charge in [0.15, 0.2) is 5.75 Å². The molecule has 0 saturated heterocycles. The first kappa shape index (κ1) is 26.1. The van der Waals surface area contributed by atoms with Gasteiger partial charge in [0.2, 0.25) is 5.88 Å². The Bertz CT molecular complexity index is 1310. The standard InChI is InChI=1S/C24H20F3N3O6/c1-3-34-23(31)20-13(2)36-22(29)17(11-28)21(20)15-7-8-18(30(32)33)19(10-15)35-12-14-5-4-6-16(9-14)24(25,26)27/h4-10,21H,3,12,29H2,1-2H3/t21-/m1/s1. The van der Waals surface area contributed by atoms with E-state index < -0.39 is 40.8 Å². The lowest BCUT2D eigenvalue weighted by Gasteiger charge is -2.27. The highest BCUT2D eigenvalue weighted by Gasteiger charge is 2.37. The molecular formula is C24H20F3N3O6. The number of rotatable bonds is 7. The third kappa shape index (κ3) is 5.41. The molecule has 2 N–H and O–H groups in total. The predicted molar refractivity (Wildman–Crippen MR) is 119 cm³/mol. The predicted octanol–water partition coefficient (Wildman–Crippen LogP) is 4.84. The van der Waals surface area contributed by atoms with Crippen molar-refractivity contribution in [3.8, 4) is 11.8 Å². The molecule has 2 aromatic carbocycles. The molecule has 1 atom stereocenters. The lowest BCUT2D eigenvalue weighted by molar-refractivity contribution is -0.386. The summed E-state index contributed by atoms with van der Waals surface area (Å²) in [4.78, 5) is 23.5. The number of hydrogen-bond acceptors (Lipinski definition) is 8. The van der Waals surface area contributed by atoms with Gasteiger partial charge in [0.25, 0.3) is 0 Å². The Balaban J connectivity index is 2.05. The van der Waals surface area contributed by atoms with E-state index in [-0.39, 0.29) is 46.3 Å². The molecule has 2 aromatic rings. The largest absolute Gasteiger partial charge is 0.482 e. The van der Waals surface area contributed by atoms with Crippen LogP contribution in [0.5, 0.6) is 5.75 Å². The number of carbonyl (C=O) groups is 1. The average molecular weight is 503 g/mol. The topological polar surface area (TPSA) is 138 Å². The molecule has 3 rings (SSSR count). The molecule has 1 aliphatic rings. The number of benzene rings is 2. The van der Waals surface area contributed by atoms with E-state index in [0.717, 1.165) is 18.2 Å². The van der Waals surface area contributed by atoms with Crippen molar-refractivity contribution in [1.29, 1.82) is 5.26 Å². The van der Waals surface area contributed by atoms with Crippen LogP contribution in [0, 0.1) is 21.4 Å². The Kier molecular flexibility index (Phi) is 7.53. The summed E-state index contributed by atoms with van der Waals surface area (Å²) in [6.07, 6.45) is -4.57. The molecule has 0 aliphatic carbocycles. The summed E-state index contributed by atoms with van der Waals surface area (Å²) in [6.45, 7) is 2.67. The smallest absolute Gasteiger partial charge is 0.416 e. The first-order valence-electron chi connectivity index (χ1n) is 10.5. The molecule has 188 valence electrons. The number of carbonyl (C=O) groups excluding carboxylic acids is 1. The highest BCUT2D eigenvalue weighted by atomic mass is 19.4. The summed E-state index contributed by atoms with van der Waals surface area (Å²) in [6, 6.07) is 9.89. The van der Waals surface area contributed by atoms with Gasteiger partial charge >= 0.3 is 17.8 Å². The van der Waals surface area contributed by atoms with Crippen LogP contribution in [-0.2, 0) is 27.1 Å². The summed E-state index contributed by atoms with van der Waals surface area (Å²) in [5.41, 5.74) is 4.70. The van der Waals surface area contributed by atoms with Gasteiger partial charge in [-0.15, -0.1) is 0 Å². The van der Waals surface area contributed by atoms with E-state index in [1.54, 1.807) is 6.92 Å². The normalized spacial score (nSPS) is 15.7. The summed E-state index contributed by atoms with van der Waals surface area (Å²) >= 11 is 0. The van der Waals surface area contributed by atoms with Gasteiger partial charge in [0.1, 0.15) is 24.0 Å². The zero-order chi connectivity index (χ0) is 26.6. The van der Waals surface area contributed by atoms with E-state index in [2.05, 4.69) is 0 Å². The van der Waals surface area contributed by atoms with Gasteiger partial charge in [-0.25, -0.2) is 4.79 Å². The van der Waals surface area contributed by atoms with E-state index in [1.807, 2.05) is 6.07 Å². The monoisotopic (exact) mass is 503 g/mol. The van der Waals surface area contributed by atoms with Crippen molar-refractivity contribution in [1.82, 2.24) is 0 Å². The maximum absolute atomic E-state index is 13.0. The second-order valence-electron chi connectivity index (χ2n) is 7.59. The molecular weight excluding hydrogens is 483 g/mol. The minimum Gasteiger partial charge on any atom is -0.482 e. The first-order valence-corrected chi connectivity index (χ1v) is 10.5. The van der Waals surface area contributed by atoms with E-state index in [0.29, 0.717) is 0 Å². The number of alkyl halides is 3. The maximum atomic E-state index is 13.0. The van der Waals surface area contributed by atoms with Crippen LogP contribution in [0.15, 0.2) is 65.3 Å². The fraction of sp³-hybridized carbons (Fsp3) is 0.250. The summed E-state index contributed by atoms with van der Waals surface area (Å²) in [7, 11) is 0. The second-order valence-corrected chi connectivity index (χ2v) is 7.59. The van der Waals surface area contributed by atoms with E-state index in [9.17, 15) is 33.3 Å². The molecule has 1 heterocycles. The zero-order valence-corrected chi connectivity index (χ0v) is 19.1. The number of ether oxygens (including phenoxy) is 3. The zero-order valence-electron chi connectivity index (χ0n) is 19.1. The molecule has 0 radical (unpaired) electrons. The van der Waals surface area contributed by atoms with Crippen LogP contribution in [0.1, 0.15) is 36.5 Å². The maximum Gasteiger partial charge on any atom is 0.416 e. The number of nitrogens with two attached hydrogens (primary N) is 1. The van der Waals surface area contributed by atoms with Gasteiger partial charge in [0, 0.05) is 6.07 Å². The number of nitrogens with zero attached hydrogens (tertiary/aromatic N) is 2. The van der Waals surface area contributed by atoms with Crippen molar-refractivity contribution in [2.75, 3.05) is 6.61 Å². The van der Waals surface area contributed by atoms with Crippen molar-refractivity contribution in [3.63, 3.8) is 0 Å². The fourth-order valence-electron chi connectivity index (χ4n) is 3.66. The van der Waals surface area contributed by atoms with Crippen molar-refractivity contribution < 1.29 is 37.1 Å². The van der Waals surface area contributed by atoms with Gasteiger partial charge in [-0.05, 0) is 43.2 Å². The van der Waals surface area contributed by atoms with E-state index in [1.165, 1.54) is 31.2 Å². The number of hydrogen-bond donors (Lipinski definition) is 1. The lowest BCUT2D eigenvalue weighted by atomic mass is 9.83. The van der Waals surface area contributed by atoms with E-state index in [4.69, 9.17) is 19.9 Å². The van der Waals surface area contributed by atoms with Gasteiger partial charge in [-0.2, -0.15) is 18.4 Å². The Morgan fingerprint density at radius 1 is 1.28 bits per heavy atom. The van der Waals surface area contributed by atoms with Gasteiger partial charge < -0.3 is 19.9 Å². The summed E-state index contributed by atoms with van der Waals surface area (Å²) < 4.78 is 55.1. The van der Waals surface area contributed by atoms with Gasteiger partial charge in [0.05, 0.1) is 28.6 Å². The first-order chi connectivity index (χ1) is 17.0. The highest BCUT2D eigenvalue weighted by Crippen LogP contribution is 2.42. The number of nitro benzene ring substituents is 1. The molecule has 0 aromatic heterocycles. The molecule has 1 aliphatic heterocycles. The SMILES string of the molecule is CCOC(=O)C1=C(C)OC(N)=C(C#N)[C@H]1c1ccc([N+](=O)[O-])c(OCc2cccc(C(F)(F)F)c2)c1. The number of esters is 1. The molecule has 0 saturated carbocycles. The van der Waals surface area contributed by atoms with Crippen LogP contribution in [0.4, 0.5) is 18.9 Å². The second kappa shape index (κ2) is 10.4. The number of nitriles is 1. The molecule has 0 unspecified atom stereocenters. The average Bonchev–Trinajstić information content (AvgIpc) is 2.81. The number of halogens is 3. The van der Waals surface area contributed by atoms with Crippen molar-refractivity contribution in [2.24, 2.45) is 5.73 Å². The Labute approximate surface area is 203 Å².